The van der Waals surface area contributed by atoms with Gasteiger partial charge < -0.3 is 9.84 Å². The minimum atomic E-state index is -1.13. The largest absolute Gasteiger partial charge is 0.478 e. The standard InChI is InChI=1S/C14H18O4/c1-8-6-10(12(15)16)11(7-9(8)2)13(17)18-14(3,4)5/h6-7H,1-5H3,(H,15,16). The molecule has 0 bridgehead atoms. The summed E-state index contributed by atoms with van der Waals surface area (Å²) >= 11 is 0. The predicted molar refractivity (Wildman–Crippen MR) is 68.0 cm³/mol. The molecule has 18 heavy (non-hydrogen) atoms. The van der Waals surface area contributed by atoms with Gasteiger partial charge in [-0.25, -0.2) is 9.59 Å². The molecule has 1 aromatic rings. The lowest BCUT2D eigenvalue weighted by molar-refractivity contribution is 0.00657. The summed E-state index contributed by atoms with van der Waals surface area (Å²) in [7, 11) is 0. The Hall–Kier alpha value is -1.84. The SMILES string of the molecule is Cc1cc(C(=O)O)c(C(=O)OC(C)(C)C)cc1C. The molecule has 0 spiro atoms. The number of aromatic carboxylic acids is 1. The number of esters is 1. The highest BCUT2D eigenvalue weighted by Crippen LogP contribution is 2.20. The molecule has 0 amide bonds. The fraction of sp³-hybridized carbons (Fsp3) is 0.429. The van der Waals surface area contributed by atoms with E-state index >= 15 is 0 Å². The van der Waals surface area contributed by atoms with Gasteiger partial charge in [-0.15, -0.1) is 0 Å². The number of benzene rings is 1. The lowest BCUT2D eigenvalue weighted by Gasteiger charge is -2.20. The lowest BCUT2D eigenvalue weighted by Crippen LogP contribution is -2.25. The summed E-state index contributed by atoms with van der Waals surface area (Å²) in [5.41, 5.74) is 1.12. The first kappa shape index (κ1) is 14.2. The van der Waals surface area contributed by atoms with Crippen LogP contribution < -0.4 is 0 Å². The van der Waals surface area contributed by atoms with Crippen LogP contribution in [0.1, 0.15) is 52.6 Å². The van der Waals surface area contributed by atoms with Crippen LogP contribution in [0.25, 0.3) is 0 Å². The van der Waals surface area contributed by atoms with E-state index in [1.807, 2.05) is 6.92 Å². The first-order valence-electron chi connectivity index (χ1n) is 5.69. The van der Waals surface area contributed by atoms with Gasteiger partial charge in [-0.1, -0.05) is 0 Å². The van der Waals surface area contributed by atoms with Crippen molar-refractivity contribution >= 4 is 11.9 Å². The van der Waals surface area contributed by atoms with Crippen LogP contribution in [0.5, 0.6) is 0 Å². The number of carbonyl (C=O) groups excluding carboxylic acids is 1. The molecule has 1 aromatic carbocycles. The Morgan fingerprint density at radius 3 is 1.89 bits per heavy atom. The fourth-order valence-corrected chi connectivity index (χ4v) is 1.50. The second-order valence-corrected chi connectivity index (χ2v) is 5.29. The van der Waals surface area contributed by atoms with Gasteiger partial charge in [-0.3, -0.25) is 0 Å². The van der Waals surface area contributed by atoms with E-state index in [0.717, 1.165) is 11.1 Å². The van der Waals surface area contributed by atoms with Crippen molar-refractivity contribution in [1.29, 1.82) is 0 Å². The number of carboxylic acids is 1. The van der Waals surface area contributed by atoms with Gasteiger partial charge in [-0.2, -0.15) is 0 Å². The van der Waals surface area contributed by atoms with Gasteiger partial charge in [0, 0.05) is 0 Å². The van der Waals surface area contributed by atoms with E-state index in [4.69, 9.17) is 9.84 Å². The van der Waals surface area contributed by atoms with Crippen molar-refractivity contribution in [2.45, 2.75) is 40.2 Å². The van der Waals surface area contributed by atoms with Gasteiger partial charge in [0.15, 0.2) is 0 Å². The van der Waals surface area contributed by atoms with Gasteiger partial charge in [0.1, 0.15) is 5.60 Å². The Morgan fingerprint density at radius 1 is 1.06 bits per heavy atom. The highest BCUT2D eigenvalue weighted by atomic mass is 16.6. The van der Waals surface area contributed by atoms with Crippen molar-refractivity contribution in [2.75, 3.05) is 0 Å². The Morgan fingerprint density at radius 2 is 1.50 bits per heavy atom. The molecule has 0 saturated heterocycles. The van der Waals surface area contributed by atoms with Crippen LogP contribution in [-0.4, -0.2) is 22.6 Å². The summed E-state index contributed by atoms with van der Waals surface area (Å²) in [5.74, 6) is -1.73. The minimum Gasteiger partial charge on any atom is -0.478 e. The number of hydrogen-bond donors (Lipinski definition) is 1. The van der Waals surface area contributed by atoms with E-state index in [9.17, 15) is 9.59 Å². The van der Waals surface area contributed by atoms with E-state index < -0.39 is 17.5 Å². The van der Waals surface area contributed by atoms with E-state index in [-0.39, 0.29) is 11.1 Å². The number of carboxylic acid groups (broad SMARTS) is 1. The minimum absolute atomic E-state index is 0.0210. The van der Waals surface area contributed by atoms with E-state index in [2.05, 4.69) is 0 Å². The van der Waals surface area contributed by atoms with Gasteiger partial charge in [0.05, 0.1) is 11.1 Å². The molecule has 0 aliphatic carbocycles. The van der Waals surface area contributed by atoms with E-state index in [1.54, 1.807) is 33.8 Å². The molecule has 4 nitrogen and oxygen atoms in total. The first-order chi connectivity index (χ1) is 8.11. The summed E-state index contributed by atoms with van der Waals surface area (Å²) in [6.45, 7) is 8.86. The van der Waals surface area contributed by atoms with Gasteiger partial charge in [0.2, 0.25) is 0 Å². The van der Waals surface area contributed by atoms with E-state index in [1.165, 1.54) is 6.07 Å². The number of ether oxygens (including phenoxy) is 1. The number of aryl methyl sites for hydroxylation is 2. The van der Waals surface area contributed by atoms with Crippen LogP contribution in [0.4, 0.5) is 0 Å². The molecule has 0 aliphatic heterocycles. The topological polar surface area (TPSA) is 63.6 Å². The Kier molecular flexibility index (Phi) is 3.79. The quantitative estimate of drug-likeness (QED) is 0.819. The van der Waals surface area contributed by atoms with Crippen molar-refractivity contribution in [1.82, 2.24) is 0 Å². The number of hydrogen-bond acceptors (Lipinski definition) is 3. The van der Waals surface area contributed by atoms with Crippen LogP contribution in [0.15, 0.2) is 12.1 Å². The van der Waals surface area contributed by atoms with Crippen molar-refractivity contribution in [3.05, 3.63) is 34.4 Å². The van der Waals surface area contributed by atoms with Gasteiger partial charge in [-0.05, 0) is 57.9 Å². The average Bonchev–Trinajstić information content (AvgIpc) is 2.18. The first-order valence-corrected chi connectivity index (χ1v) is 5.69. The summed E-state index contributed by atoms with van der Waals surface area (Å²) in [5, 5.41) is 9.12. The lowest BCUT2D eigenvalue weighted by atomic mass is 10.00. The molecule has 4 heteroatoms. The van der Waals surface area contributed by atoms with Crippen LogP contribution in [0, 0.1) is 13.8 Å². The van der Waals surface area contributed by atoms with Gasteiger partial charge in [0.25, 0.3) is 0 Å². The van der Waals surface area contributed by atoms with Crippen molar-refractivity contribution in [3.8, 4) is 0 Å². The Bertz CT molecular complexity index is 495. The molecule has 0 unspecified atom stereocenters. The molecular weight excluding hydrogens is 232 g/mol. The van der Waals surface area contributed by atoms with Crippen LogP contribution in [0.3, 0.4) is 0 Å². The molecule has 1 N–H and O–H groups in total. The van der Waals surface area contributed by atoms with Crippen LogP contribution in [0.2, 0.25) is 0 Å². The third-order valence-corrected chi connectivity index (χ3v) is 2.48. The van der Waals surface area contributed by atoms with Gasteiger partial charge >= 0.3 is 11.9 Å². The third kappa shape index (κ3) is 3.32. The molecular formula is C14H18O4. The summed E-state index contributed by atoms with van der Waals surface area (Å²) < 4.78 is 5.21. The second-order valence-electron chi connectivity index (χ2n) is 5.29. The van der Waals surface area contributed by atoms with Crippen molar-refractivity contribution in [3.63, 3.8) is 0 Å². The third-order valence-electron chi connectivity index (χ3n) is 2.48. The zero-order valence-electron chi connectivity index (χ0n) is 11.3. The Labute approximate surface area is 107 Å². The fourth-order valence-electron chi connectivity index (χ4n) is 1.50. The van der Waals surface area contributed by atoms with Crippen molar-refractivity contribution in [2.24, 2.45) is 0 Å². The van der Waals surface area contributed by atoms with E-state index in [0.29, 0.717) is 0 Å². The highest BCUT2D eigenvalue weighted by Gasteiger charge is 2.23. The molecule has 0 aliphatic rings. The Balaban J connectivity index is 3.26. The summed E-state index contributed by atoms with van der Waals surface area (Å²) in [4.78, 5) is 23.1. The molecule has 0 aromatic heterocycles. The zero-order valence-corrected chi connectivity index (χ0v) is 11.3. The number of rotatable bonds is 2. The maximum absolute atomic E-state index is 12.0. The smallest absolute Gasteiger partial charge is 0.339 e. The molecule has 98 valence electrons. The molecule has 0 heterocycles. The van der Waals surface area contributed by atoms with Crippen molar-refractivity contribution < 1.29 is 19.4 Å². The molecule has 0 saturated carbocycles. The molecule has 0 atom stereocenters. The average molecular weight is 250 g/mol. The number of carbonyl (C=O) groups is 2. The molecule has 0 fully saturated rings. The zero-order chi connectivity index (χ0) is 14.1. The predicted octanol–water partition coefficient (Wildman–Crippen LogP) is 2.96. The maximum Gasteiger partial charge on any atom is 0.339 e. The second kappa shape index (κ2) is 4.80. The normalized spacial score (nSPS) is 11.2. The monoisotopic (exact) mass is 250 g/mol. The molecule has 1 rings (SSSR count). The maximum atomic E-state index is 12.0. The summed E-state index contributed by atoms with van der Waals surface area (Å²) in [6, 6.07) is 3.06. The highest BCUT2D eigenvalue weighted by molar-refractivity contribution is 6.02. The van der Waals surface area contributed by atoms with Crippen LogP contribution in [-0.2, 0) is 4.74 Å². The van der Waals surface area contributed by atoms with Crippen LogP contribution >= 0.6 is 0 Å². The molecule has 0 radical (unpaired) electrons. The summed E-state index contributed by atoms with van der Waals surface area (Å²) in [6.07, 6.45) is 0.